The fraction of sp³-hybridized carbons (Fsp3) is 0.688. The van der Waals surface area contributed by atoms with Crippen molar-refractivity contribution in [1.29, 1.82) is 0 Å². The molecular weight excluding hydrogens is 266 g/mol. The molecule has 5 heteroatoms. The van der Waals surface area contributed by atoms with Crippen LogP contribution in [-0.2, 0) is 6.54 Å². The molecule has 0 saturated carbocycles. The molecule has 1 N–H and O–H groups in total. The van der Waals surface area contributed by atoms with Gasteiger partial charge in [-0.15, -0.1) is 0 Å². The van der Waals surface area contributed by atoms with Gasteiger partial charge in [0.1, 0.15) is 5.69 Å². The maximum Gasteiger partial charge on any atom is 0.183 e. The van der Waals surface area contributed by atoms with Crippen LogP contribution in [0.5, 0.6) is 11.5 Å². The Balaban J connectivity index is 1.80. The van der Waals surface area contributed by atoms with Crippen molar-refractivity contribution >= 4 is 0 Å². The standard InChI is InChI=1S/C16H25N3O2/c1-4-14-12-8-17-7-11(12)9-19(14)10-13-16(21-3)15(20-2)5-6-18-13/h5-6,11-12,14,17H,4,7-10H2,1-3H3. The van der Waals surface area contributed by atoms with Gasteiger partial charge in [0.25, 0.3) is 0 Å². The van der Waals surface area contributed by atoms with Crippen molar-refractivity contribution in [3.05, 3.63) is 18.0 Å². The second-order valence-electron chi connectivity index (χ2n) is 5.98. The number of aromatic nitrogens is 1. The summed E-state index contributed by atoms with van der Waals surface area (Å²) >= 11 is 0. The highest BCUT2D eigenvalue weighted by Gasteiger charge is 2.43. The molecule has 2 saturated heterocycles. The SMILES string of the molecule is CCC1C2CNCC2CN1Cc1nccc(OC)c1OC. The Bertz CT molecular complexity index is 494. The number of nitrogens with zero attached hydrogens (tertiary/aromatic N) is 2. The molecular formula is C16H25N3O2. The van der Waals surface area contributed by atoms with Gasteiger partial charge in [-0.25, -0.2) is 0 Å². The number of hydrogen-bond acceptors (Lipinski definition) is 5. The van der Waals surface area contributed by atoms with Gasteiger partial charge in [0, 0.05) is 31.4 Å². The van der Waals surface area contributed by atoms with Crippen LogP contribution in [-0.4, -0.2) is 49.8 Å². The van der Waals surface area contributed by atoms with Gasteiger partial charge in [-0.1, -0.05) is 6.92 Å². The third-order valence-corrected chi connectivity index (χ3v) is 4.96. The number of nitrogens with one attached hydrogen (secondary N) is 1. The number of likely N-dealkylation sites (tertiary alicyclic amines) is 1. The predicted molar refractivity (Wildman–Crippen MR) is 81.7 cm³/mol. The summed E-state index contributed by atoms with van der Waals surface area (Å²) in [6.45, 7) is 6.58. The highest BCUT2D eigenvalue weighted by molar-refractivity contribution is 5.42. The van der Waals surface area contributed by atoms with E-state index in [1.54, 1.807) is 20.4 Å². The number of pyridine rings is 1. The van der Waals surface area contributed by atoms with Crippen LogP contribution in [0.25, 0.3) is 0 Å². The molecule has 1 aromatic heterocycles. The van der Waals surface area contributed by atoms with E-state index in [4.69, 9.17) is 9.47 Å². The Hall–Kier alpha value is -1.33. The Kier molecular flexibility index (Phi) is 4.31. The highest BCUT2D eigenvalue weighted by Crippen LogP contribution is 2.37. The van der Waals surface area contributed by atoms with E-state index in [0.717, 1.165) is 55.2 Å². The third-order valence-electron chi connectivity index (χ3n) is 4.96. The molecule has 2 fully saturated rings. The Morgan fingerprint density at radius 2 is 2.19 bits per heavy atom. The minimum absolute atomic E-state index is 0.641. The normalized spacial score (nSPS) is 28.6. The molecule has 2 aliphatic heterocycles. The monoisotopic (exact) mass is 291 g/mol. The molecule has 0 aliphatic carbocycles. The summed E-state index contributed by atoms with van der Waals surface area (Å²) in [4.78, 5) is 7.09. The molecule has 5 nitrogen and oxygen atoms in total. The lowest BCUT2D eigenvalue weighted by atomic mass is 9.93. The quantitative estimate of drug-likeness (QED) is 0.891. The molecule has 0 bridgehead atoms. The predicted octanol–water partition coefficient (Wildman–Crippen LogP) is 1.53. The first kappa shape index (κ1) is 14.6. The van der Waals surface area contributed by atoms with E-state index in [1.165, 1.54) is 6.42 Å². The summed E-state index contributed by atoms with van der Waals surface area (Å²) in [5, 5.41) is 3.53. The lowest BCUT2D eigenvalue weighted by Gasteiger charge is -2.27. The summed E-state index contributed by atoms with van der Waals surface area (Å²) in [5.41, 5.74) is 0.975. The zero-order valence-electron chi connectivity index (χ0n) is 13.1. The van der Waals surface area contributed by atoms with Gasteiger partial charge in [-0.3, -0.25) is 9.88 Å². The van der Waals surface area contributed by atoms with E-state index in [9.17, 15) is 0 Å². The lowest BCUT2D eigenvalue weighted by molar-refractivity contribution is 0.204. The molecule has 0 aromatic carbocycles. The summed E-state index contributed by atoms with van der Waals surface area (Å²) in [6.07, 6.45) is 2.99. The summed E-state index contributed by atoms with van der Waals surface area (Å²) in [7, 11) is 3.35. The van der Waals surface area contributed by atoms with E-state index in [0.29, 0.717) is 6.04 Å². The van der Waals surface area contributed by atoms with Crippen LogP contribution in [0, 0.1) is 11.8 Å². The highest BCUT2D eigenvalue weighted by atomic mass is 16.5. The number of rotatable bonds is 5. The first-order valence-corrected chi connectivity index (χ1v) is 7.79. The molecule has 3 heterocycles. The van der Waals surface area contributed by atoms with Crippen LogP contribution < -0.4 is 14.8 Å². The maximum atomic E-state index is 5.51. The third kappa shape index (κ3) is 2.60. The zero-order valence-corrected chi connectivity index (χ0v) is 13.1. The first-order chi connectivity index (χ1) is 10.3. The second-order valence-corrected chi connectivity index (χ2v) is 5.98. The van der Waals surface area contributed by atoms with Gasteiger partial charge in [0.2, 0.25) is 0 Å². The van der Waals surface area contributed by atoms with Gasteiger partial charge < -0.3 is 14.8 Å². The topological polar surface area (TPSA) is 46.6 Å². The van der Waals surface area contributed by atoms with Crippen molar-refractivity contribution in [2.45, 2.75) is 25.9 Å². The maximum absolute atomic E-state index is 5.51. The van der Waals surface area contributed by atoms with E-state index >= 15 is 0 Å². The van der Waals surface area contributed by atoms with Gasteiger partial charge in [-0.05, 0) is 31.3 Å². The molecule has 3 atom stereocenters. The average Bonchev–Trinajstić information content (AvgIpc) is 3.07. The Labute approximate surface area is 126 Å². The van der Waals surface area contributed by atoms with Crippen molar-refractivity contribution in [2.75, 3.05) is 33.9 Å². The summed E-state index contributed by atoms with van der Waals surface area (Å²) < 4.78 is 10.9. The number of methoxy groups -OCH3 is 2. The van der Waals surface area contributed by atoms with E-state index in [2.05, 4.69) is 22.1 Å². The van der Waals surface area contributed by atoms with Gasteiger partial charge >= 0.3 is 0 Å². The summed E-state index contributed by atoms with van der Waals surface area (Å²) in [6, 6.07) is 2.49. The van der Waals surface area contributed by atoms with Crippen molar-refractivity contribution in [2.24, 2.45) is 11.8 Å². The van der Waals surface area contributed by atoms with Gasteiger partial charge in [0.05, 0.1) is 14.2 Å². The van der Waals surface area contributed by atoms with Crippen LogP contribution in [0.3, 0.4) is 0 Å². The number of hydrogen-bond donors (Lipinski definition) is 1. The van der Waals surface area contributed by atoms with Crippen LogP contribution in [0.2, 0.25) is 0 Å². The largest absolute Gasteiger partial charge is 0.493 e. The van der Waals surface area contributed by atoms with Crippen molar-refractivity contribution in [1.82, 2.24) is 15.2 Å². The minimum Gasteiger partial charge on any atom is -0.493 e. The molecule has 3 rings (SSSR count). The Morgan fingerprint density at radius 1 is 1.33 bits per heavy atom. The van der Waals surface area contributed by atoms with Gasteiger partial charge in [0.15, 0.2) is 11.5 Å². The van der Waals surface area contributed by atoms with E-state index in [-0.39, 0.29) is 0 Å². The molecule has 3 unspecified atom stereocenters. The van der Waals surface area contributed by atoms with Crippen molar-refractivity contribution < 1.29 is 9.47 Å². The van der Waals surface area contributed by atoms with Gasteiger partial charge in [-0.2, -0.15) is 0 Å². The zero-order chi connectivity index (χ0) is 14.8. The fourth-order valence-corrected chi connectivity index (χ4v) is 4.01. The van der Waals surface area contributed by atoms with E-state index < -0.39 is 0 Å². The van der Waals surface area contributed by atoms with Crippen LogP contribution in [0.1, 0.15) is 19.0 Å². The Morgan fingerprint density at radius 3 is 2.90 bits per heavy atom. The molecule has 0 amide bonds. The lowest BCUT2D eigenvalue weighted by Crippen LogP contribution is -2.35. The average molecular weight is 291 g/mol. The summed E-state index contributed by atoms with van der Waals surface area (Å²) in [5.74, 6) is 3.10. The number of fused-ring (bicyclic) bond motifs is 1. The minimum atomic E-state index is 0.641. The van der Waals surface area contributed by atoms with Crippen molar-refractivity contribution in [3.8, 4) is 11.5 Å². The molecule has 0 radical (unpaired) electrons. The van der Waals surface area contributed by atoms with E-state index in [1.807, 2.05) is 6.07 Å². The molecule has 2 aliphatic rings. The first-order valence-electron chi connectivity index (χ1n) is 7.79. The van der Waals surface area contributed by atoms with Crippen molar-refractivity contribution in [3.63, 3.8) is 0 Å². The molecule has 1 aromatic rings. The molecule has 21 heavy (non-hydrogen) atoms. The van der Waals surface area contributed by atoms with Crippen LogP contribution in [0.4, 0.5) is 0 Å². The smallest absolute Gasteiger partial charge is 0.183 e. The van der Waals surface area contributed by atoms with Crippen LogP contribution >= 0.6 is 0 Å². The van der Waals surface area contributed by atoms with Crippen LogP contribution in [0.15, 0.2) is 12.3 Å². The molecule has 0 spiro atoms. The molecule has 116 valence electrons. The number of ether oxygens (including phenoxy) is 2. The fourth-order valence-electron chi connectivity index (χ4n) is 4.01. The second kappa shape index (κ2) is 6.20.